The molecule has 0 saturated carbocycles. The number of benzene rings is 3. The van der Waals surface area contributed by atoms with Gasteiger partial charge in [-0.2, -0.15) is 18.4 Å². The fourth-order valence-corrected chi connectivity index (χ4v) is 4.05. The Labute approximate surface area is 218 Å². The highest BCUT2D eigenvalue weighted by Crippen LogP contribution is 2.38. The van der Waals surface area contributed by atoms with E-state index in [1.807, 2.05) is 36.5 Å². The summed E-state index contributed by atoms with van der Waals surface area (Å²) in [5.74, 6) is -0.843. The second-order valence-electron chi connectivity index (χ2n) is 8.48. The number of ether oxygens (including phenoxy) is 1. The minimum Gasteiger partial charge on any atom is -0.496 e. The Kier molecular flexibility index (Phi) is 8.97. The van der Waals surface area contributed by atoms with Crippen molar-refractivity contribution in [1.82, 2.24) is 9.80 Å². The molecule has 0 aliphatic heterocycles. The molecule has 0 amide bonds. The summed E-state index contributed by atoms with van der Waals surface area (Å²) in [5, 5.41) is 27.6. The van der Waals surface area contributed by atoms with E-state index < -0.39 is 17.7 Å². The molecule has 0 bridgehead atoms. The summed E-state index contributed by atoms with van der Waals surface area (Å²) in [6.45, 7) is 2.02. The van der Waals surface area contributed by atoms with Crippen molar-refractivity contribution < 1.29 is 27.8 Å². The van der Waals surface area contributed by atoms with E-state index in [0.29, 0.717) is 22.4 Å². The number of halogens is 3. The van der Waals surface area contributed by atoms with Gasteiger partial charge in [0.15, 0.2) is 6.19 Å². The Morgan fingerprint density at radius 3 is 2.32 bits per heavy atom. The van der Waals surface area contributed by atoms with Gasteiger partial charge in [0, 0.05) is 18.7 Å². The number of hydrogen-bond acceptors (Lipinski definition) is 4. The molecule has 0 saturated heterocycles. The molecule has 0 radical (unpaired) electrons. The van der Waals surface area contributed by atoms with E-state index in [9.17, 15) is 28.3 Å². The van der Waals surface area contributed by atoms with Crippen LogP contribution >= 0.6 is 0 Å². The summed E-state index contributed by atoms with van der Waals surface area (Å²) in [4.78, 5) is 13.9. The van der Waals surface area contributed by atoms with Crippen LogP contribution in [0, 0.1) is 16.9 Å². The molecule has 0 aromatic heterocycles. The van der Waals surface area contributed by atoms with Gasteiger partial charge in [-0.3, -0.25) is 10.2 Å². The Morgan fingerprint density at radius 2 is 1.74 bits per heavy atom. The first-order valence-electron chi connectivity index (χ1n) is 11.7. The van der Waals surface area contributed by atoms with Crippen LogP contribution < -0.4 is 4.74 Å². The number of guanidine groups is 1. The number of nitriles is 1. The maximum absolute atomic E-state index is 13.7. The zero-order chi connectivity index (χ0) is 27.9. The van der Waals surface area contributed by atoms with Crippen molar-refractivity contribution >= 4 is 11.9 Å². The molecule has 3 rings (SSSR count). The first kappa shape index (κ1) is 28.1. The van der Waals surface area contributed by atoms with E-state index in [0.717, 1.165) is 17.7 Å². The first-order valence-corrected chi connectivity index (χ1v) is 11.7. The van der Waals surface area contributed by atoms with Crippen LogP contribution in [0.2, 0.25) is 0 Å². The third kappa shape index (κ3) is 6.82. The normalized spacial score (nSPS) is 10.9. The van der Waals surface area contributed by atoms with Crippen LogP contribution in [0.25, 0.3) is 11.1 Å². The Bertz CT molecular complexity index is 1340. The number of carbonyl (C=O) groups is 1. The fourth-order valence-electron chi connectivity index (χ4n) is 4.05. The highest BCUT2D eigenvalue weighted by atomic mass is 19.4. The molecule has 38 heavy (non-hydrogen) atoms. The van der Waals surface area contributed by atoms with Gasteiger partial charge < -0.3 is 14.7 Å². The first-order chi connectivity index (χ1) is 18.1. The molecule has 198 valence electrons. The van der Waals surface area contributed by atoms with E-state index in [2.05, 4.69) is 0 Å². The van der Waals surface area contributed by atoms with Crippen LogP contribution in [0.4, 0.5) is 13.2 Å². The number of nitrogens with zero attached hydrogens (tertiary/aromatic N) is 3. The fraction of sp³-hybridized carbons (Fsp3) is 0.250. The highest BCUT2D eigenvalue weighted by molar-refractivity contribution is 5.80. The van der Waals surface area contributed by atoms with Crippen LogP contribution in [-0.4, -0.2) is 40.5 Å². The number of aliphatic carboxylic acids is 1. The lowest BCUT2D eigenvalue weighted by atomic mass is 9.94. The van der Waals surface area contributed by atoms with Crippen LogP contribution in [0.5, 0.6) is 5.75 Å². The maximum atomic E-state index is 13.7. The number of rotatable bonds is 9. The number of carboxylic acids is 1. The van der Waals surface area contributed by atoms with Gasteiger partial charge in [0.25, 0.3) is 0 Å². The predicted molar refractivity (Wildman–Crippen MR) is 136 cm³/mol. The third-order valence-electron chi connectivity index (χ3n) is 5.94. The van der Waals surface area contributed by atoms with Gasteiger partial charge in [0.1, 0.15) is 5.75 Å². The molecule has 0 spiro atoms. The average molecular weight is 525 g/mol. The van der Waals surface area contributed by atoms with Gasteiger partial charge in [-0.05, 0) is 53.4 Å². The monoisotopic (exact) mass is 524 g/mol. The minimum atomic E-state index is -4.60. The molecular weight excluding hydrogens is 497 g/mol. The predicted octanol–water partition coefficient (Wildman–Crippen LogP) is 5.75. The SMILES string of the molecule is CCN(Cc1cc(C(F)(F)F)ccc1-c1cc(CC(=O)O)ccc1OC)C(=N)N(C#N)Cc1ccccc1. The van der Waals surface area contributed by atoms with Crippen LogP contribution in [-0.2, 0) is 30.5 Å². The number of nitrogens with one attached hydrogen (secondary N) is 1. The van der Waals surface area contributed by atoms with Crippen molar-refractivity contribution in [2.24, 2.45) is 0 Å². The molecule has 0 heterocycles. The Hall–Kier alpha value is -4.52. The quantitative estimate of drug-likeness (QED) is 0.160. The second kappa shape index (κ2) is 12.1. The van der Waals surface area contributed by atoms with Gasteiger partial charge >= 0.3 is 12.1 Å². The zero-order valence-corrected chi connectivity index (χ0v) is 20.9. The summed E-state index contributed by atoms with van der Waals surface area (Å²) in [6, 6.07) is 17.1. The number of hydrogen-bond donors (Lipinski definition) is 2. The standard InChI is InChI=1S/C28H27F3N4O3/c1-3-34(27(33)35(18-32)16-19-7-5-4-6-8-19)17-21-15-22(28(29,30)31)10-11-23(21)24-13-20(14-26(36)37)9-12-25(24)38-2/h4-13,15,33H,3,14,16-17H2,1-2H3,(H,36,37). The zero-order valence-electron chi connectivity index (χ0n) is 20.9. The molecule has 10 heteroatoms. The number of methoxy groups -OCH3 is 1. The van der Waals surface area contributed by atoms with E-state index in [-0.39, 0.29) is 37.6 Å². The molecule has 3 aromatic rings. The summed E-state index contributed by atoms with van der Waals surface area (Å²) in [6.07, 6.45) is -2.88. The van der Waals surface area contributed by atoms with Gasteiger partial charge in [-0.15, -0.1) is 0 Å². The molecule has 0 aliphatic rings. The van der Waals surface area contributed by atoms with Gasteiger partial charge in [-0.1, -0.05) is 42.5 Å². The van der Waals surface area contributed by atoms with Crippen molar-refractivity contribution in [3.63, 3.8) is 0 Å². The van der Waals surface area contributed by atoms with Gasteiger partial charge in [0.05, 0.1) is 25.6 Å². The third-order valence-corrected chi connectivity index (χ3v) is 5.94. The van der Waals surface area contributed by atoms with E-state index in [1.54, 1.807) is 25.1 Å². The highest BCUT2D eigenvalue weighted by Gasteiger charge is 2.32. The molecular formula is C28H27F3N4O3. The molecule has 0 unspecified atom stereocenters. The van der Waals surface area contributed by atoms with Crippen LogP contribution in [0.15, 0.2) is 66.7 Å². The molecule has 2 N–H and O–H groups in total. The van der Waals surface area contributed by atoms with Crippen molar-refractivity contribution in [2.75, 3.05) is 13.7 Å². The Balaban J connectivity index is 2.05. The molecule has 0 atom stereocenters. The minimum absolute atomic E-state index is 0.103. The van der Waals surface area contributed by atoms with Crippen LogP contribution in [0.3, 0.4) is 0 Å². The maximum Gasteiger partial charge on any atom is 0.416 e. The lowest BCUT2D eigenvalue weighted by Gasteiger charge is -2.29. The topological polar surface area (TPSA) is 101 Å². The molecule has 7 nitrogen and oxygen atoms in total. The van der Waals surface area contributed by atoms with Crippen molar-refractivity contribution in [3.8, 4) is 23.1 Å². The summed E-state index contributed by atoms with van der Waals surface area (Å²) in [7, 11) is 1.42. The van der Waals surface area contributed by atoms with Crippen LogP contribution in [0.1, 0.15) is 29.2 Å². The van der Waals surface area contributed by atoms with Gasteiger partial charge in [0.2, 0.25) is 5.96 Å². The van der Waals surface area contributed by atoms with Gasteiger partial charge in [-0.25, -0.2) is 4.90 Å². The summed E-state index contributed by atoms with van der Waals surface area (Å²) < 4.78 is 46.4. The van der Waals surface area contributed by atoms with Crippen molar-refractivity contribution in [2.45, 2.75) is 32.6 Å². The molecule has 0 aliphatic carbocycles. The number of carboxylic acid groups (broad SMARTS) is 1. The molecule has 0 fully saturated rings. The van der Waals surface area contributed by atoms with Crippen molar-refractivity contribution in [1.29, 1.82) is 10.7 Å². The second-order valence-corrected chi connectivity index (χ2v) is 8.48. The largest absolute Gasteiger partial charge is 0.496 e. The Morgan fingerprint density at radius 1 is 1.03 bits per heavy atom. The molecule has 3 aromatic carbocycles. The van der Waals surface area contributed by atoms with E-state index >= 15 is 0 Å². The smallest absolute Gasteiger partial charge is 0.416 e. The lowest BCUT2D eigenvalue weighted by Crippen LogP contribution is -2.40. The number of alkyl halides is 3. The van der Waals surface area contributed by atoms with E-state index in [4.69, 9.17) is 10.1 Å². The summed E-state index contributed by atoms with van der Waals surface area (Å²) >= 11 is 0. The van der Waals surface area contributed by atoms with E-state index in [1.165, 1.54) is 23.0 Å². The summed E-state index contributed by atoms with van der Waals surface area (Å²) in [5.41, 5.74) is 1.47. The lowest BCUT2D eigenvalue weighted by molar-refractivity contribution is -0.138. The average Bonchev–Trinajstić information content (AvgIpc) is 2.89. The van der Waals surface area contributed by atoms with Crippen molar-refractivity contribution in [3.05, 3.63) is 89.0 Å².